The van der Waals surface area contributed by atoms with Crippen LogP contribution in [0.3, 0.4) is 0 Å². The lowest BCUT2D eigenvalue weighted by Gasteiger charge is -2.22. The third-order valence-corrected chi connectivity index (χ3v) is 4.77. The van der Waals surface area contributed by atoms with Crippen LogP contribution in [-0.2, 0) is 11.2 Å². The molecule has 1 N–H and O–H groups in total. The van der Waals surface area contributed by atoms with E-state index in [1.54, 1.807) is 0 Å². The van der Waals surface area contributed by atoms with E-state index >= 15 is 0 Å². The second kappa shape index (κ2) is 6.16. The summed E-state index contributed by atoms with van der Waals surface area (Å²) in [6, 6.07) is 0. The van der Waals surface area contributed by atoms with Crippen molar-refractivity contribution >= 4 is 40.2 Å². The van der Waals surface area contributed by atoms with Gasteiger partial charge in [-0.25, -0.2) is 9.97 Å². The summed E-state index contributed by atoms with van der Waals surface area (Å²) in [6.07, 6.45) is 0. The van der Waals surface area contributed by atoms with Crippen molar-refractivity contribution in [1.29, 1.82) is 0 Å². The third-order valence-electron chi connectivity index (χ3n) is 2.48. The van der Waals surface area contributed by atoms with Crippen LogP contribution in [0.5, 0.6) is 0 Å². The van der Waals surface area contributed by atoms with E-state index in [0.717, 1.165) is 26.7 Å². The minimum Gasteiger partial charge on any atom is -0.372 e. The fourth-order valence-electron chi connectivity index (χ4n) is 1.50. The van der Waals surface area contributed by atoms with Gasteiger partial charge in [0.1, 0.15) is 11.6 Å². The first-order valence-electron chi connectivity index (χ1n) is 6.43. The molecule has 0 aliphatic heterocycles. The molecule has 0 saturated heterocycles. The number of hydrogen-bond donors (Lipinski definition) is 1. The highest BCUT2D eigenvalue weighted by Gasteiger charge is 2.23. The molecule has 0 atom stereocenters. The molecule has 0 saturated carbocycles. The molecule has 0 spiro atoms. The van der Waals surface area contributed by atoms with Crippen molar-refractivity contribution in [3.63, 3.8) is 0 Å². The van der Waals surface area contributed by atoms with Crippen LogP contribution >= 0.6 is 34.4 Å². The van der Waals surface area contributed by atoms with Gasteiger partial charge in [-0.15, -0.1) is 11.8 Å². The van der Waals surface area contributed by atoms with Gasteiger partial charge in [0.15, 0.2) is 0 Å². The number of anilines is 1. The molecule has 19 heavy (non-hydrogen) atoms. The molecule has 0 unspecified atom stereocenters. The van der Waals surface area contributed by atoms with Gasteiger partial charge in [-0.3, -0.25) is 0 Å². The maximum absolute atomic E-state index is 4.78. The van der Waals surface area contributed by atoms with Crippen molar-refractivity contribution < 1.29 is 0 Å². The molecule has 0 aliphatic rings. The Morgan fingerprint density at radius 2 is 1.68 bits per heavy atom. The van der Waals surface area contributed by atoms with Crippen molar-refractivity contribution in [2.45, 2.75) is 57.5 Å². The number of thioether (sulfide) groups is 1. The van der Waals surface area contributed by atoms with Gasteiger partial charge < -0.3 is 5.32 Å². The highest BCUT2D eigenvalue weighted by molar-refractivity contribution is 14.1. The summed E-state index contributed by atoms with van der Waals surface area (Å²) in [5, 5.41) is 3.18. The zero-order chi connectivity index (χ0) is 14.8. The molecule has 5 heteroatoms. The molecule has 1 rings (SSSR count). The van der Waals surface area contributed by atoms with Crippen LogP contribution in [0.4, 0.5) is 5.82 Å². The second-order valence-corrected chi connectivity index (χ2v) is 9.43. The van der Waals surface area contributed by atoms with E-state index in [1.165, 1.54) is 0 Å². The lowest BCUT2D eigenvalue weighted by Crippen LogP contribution is -2.19. The Morgan fingerprint density at radius 3 is 2.11 bits per heavy atom. The first-order chi connectivity index (χ1) is 8.54. The molecule has 108 valence electrons. The zero-order valence-corrected chi connectivity index (χ0v) is 15.9. The van der Waals surface area contributed by atoms with Gasteiger partial charge >= 0.3 is 0 Å². The smallest absolute Gasteiger partial charge is 0.143 e. The highest BCUT2D eigenvalue weighted by Crippen LogP contribution is 2.31. The number of rotatable bonds is 3. The first-order valence-corrected chi connectivity index (χ1v) is 8.49. The fraction of sp³-hybridized carbons (Fsp3) is 0.714. The number of nitrogens with one attached hydrogen (secondary N) is 1. The van der Waals surface area contributed by atoms with E-state index in [9.17, 15) is 0 Å². The summed E-state index contributed by atoms with van der Waals surface area (Å²) in [5.74, 6) is 2.69. The molecule has 0 amide bonds. The molecule has 1 heterocycles. The van der Waals surface area contributed by atoms with E-state index in [-0.39, 0.29) is 10.2 Å². The van der Waals surface area contributed by atoms with Crippen LogP contribution < -0.4 is 5.32 Å². The van der Waals surface area contributed by atoms with Crippen LogP contribution in [0.2, 0.25) is 0 Å². The van der Waals surface area contributed by atoms with E-state index in [1.807, 2.05) is 18.8 Å². The van der Waals surface area contributed by atoms with Gasteiger partial charge in [-0.1, -0.05) is 41.5 Å². The Bertz CT molecular complexity index is 447. The number of hydrogen-bond acceptors (Lipinski definition) is 4. The Balaban J connectivity index is 3.14. The Hall–Kier alpha value is -0.0400. The van der Waals surface area contributed by atoms with E-state index in [0.29, 0.717) is 0 Å². The molecule has 0 aromatic carbocycles. The molecular formula is C14H24IN3S. The summed E-state index contributed by atoms with van der Waals surface area (Å²) in [7, 11) is 1.91. The lowest BCUT2D eigenvalue weighted by atomic mass is 9.92. The minimum absolute atomic E-state index is 0.0339. The first kappa shape index (κ1) is 17.0. The van der Waals surface area contributed by atoms with Gasteiger partial charge in [0.05, 0.1) is 15.0 Å². The predicted octanol–water partition coefficient (Wildman–Crippen LogP) is 4.45. The number of halogens is 1. The van der Waals surface area contributed by atoms with Gasteiger partial charge in [0.2, 0.25) is 0 Å². The summed E-state index contributed by atoms with van der Waals surface area (Å²) >= 11 is 4.21. The normalized spacial score (nSPS) is 12.6. The molecule has 3 nitrogen and oxygen atoms in total. The fourth-order valence-corrected chi connectivity index (χ4v) is 3.51. The molecule has 0 aliphatic carbocycles. The maximum Gasteiger partial charge on any atom is 0.143 e. The van der Waals surface area contributed by atoms with Crippen LogP contribution in [0.1, 0.15) is 53.1 Å². The van der Waals surface area contributed by atoms with Crippen molar-refractivity contribution in [3.05, 3.63) is 15.1 Å². The molecular weight excluding hydrogens is 369 g/mol. The molecule has 0 fully saturated rings. The summed E-state index contributed by atoms with van der Waals surface area (Å²) in [6.45, 7) is 13.2. The van der Waals surface area contributed by atoms with E-state index in [2.05, 4.69) is 74.4 Å². The van der Waals surface area contributed by atoms with Crippen LogP contribution in [0, 0.1) is 3.57 Å². The topological polar surface area (TPSA) is 37.8 Å². The molecule has 0 radical (unpaired) electrons. The number of aromatic nitrogens is 2. The average molecular weight is 393 g/mol. The molecule has 1 aromatic heterocycles. The van der Waals surface area contributed by atoms with Gasteiger partial charge in [-0.2, -0.15) is 0 Å². The quantitative estimate of drug-likeness (QED) is 0.770. The monoisotopic (exact) mass is 393 g/mol. The van der Waals surface area contributed by atoms with E-state index in [4.69, 9.17) is 4.98 Å². The summed E-state index contributed by atoms with van der Waals surface area (Å²) in [4.78, 5) is 9.39. The largest absolute Gasteiger partial charge is 0.372 e. The Morgan fingerprint density at radius 1 is 1.11 bits per heavy atom. The standard InChI is InChI=1S/C14H24IN3S/c1-13(2,3)11-10(15)12(16-7)18-9(17-11)8-19-14(4,5)6/h8H2,1-7H3,(H,16,17,18). The predicted molar refractivity (Wildman–Crippen MR) is 94.0 cm³/mol. The second-order valence-electron chi connectivity index (χ2n) is 6.55. The zero-order valence-electron chi connectivity index (χ0n) is 12.9. The van der Waals surface area contributed by atoms with Crippen molar-refractivity contribution in [2.75, 3.05) is 12.4 Å². The van der Waals surface area contributed by atoms with Gasteiger partial charge in [-0.05, 0) is 22.6 Å². The highest BCUT2D eigenvalue weighted by atomic mass is 127. The summed E-state index contributed by atoms with van der Waals surface area (Å²) < 4.78 is 1.35. The van der Waals surface area contributed by atoms with E-state index < -0.39 is 0 Å². The van der Waals surface area contributed by atoms with Crippen molar-refractivity contribution in [1.82, 2.24) is 9.97 Å². The molecule has 1 aromatic rings. The third kappa shape index (κ3) is 5.10. The number of nitrogens with zero attached hydrogens (tertiary/aromatic N) is 2. The van der Waals surface area contributed by atoms with Crippen molar-refractivity contribution in [2.24, 2.45) is 0 Å². The SMILES string of the molecule is CNc1nc(CSC(C)(C)C)nc(C(C)(C)C)c1I. The maximum atomic E-state index is 4.78. The van der Waals surface area contributed by atoms with Crippen LogP contribution in [-0.4, -0.2) is 21.8 Å². The average Bonchev–Trinajstić information content (AvgIpc) is 2.25. The van der Waals surface area contributed by atoms with Crippen LogP contribution in [0.15, 0.2) is 0 Å². The Labute approximate surface area is 134 Å². The lowest BCUT2D eigenvalue weighted by molar-refractivity contribution is 0.560. The van der Waals surface area contributed by atoms with Gasteiger partial charge in [0.25, 0.3) is 0 Å². The minimum atomic E-state index is 0.0339. The van der Waals surface area contributed by atoms with Crippen molar-refractivity contribution in [3.8, 4) is 0 Å². The Kier molecular flexibility index (Phi) is 5.52. The molecule has 0 bridgehead atoms. The van der Waals surface area contributed by atoms with Crippen LogP contribution in [0.25, 0.3) is 0 Å². The summed E-state index contributed by atoms with van der Waals surface area (Å²) in [5.41, 5.74) is 1.16. The van der Waals surface area contributed by atoms with Gasteiger partial charge in [0, 0.05) is 17.2 Å².